The third-order valence-electron chi connectivity index (χ3n) is 3.40. The van der Waals surface area contributed by atoms with Gasteiger partial charge in [0, 0.05) is 13.1 Å². The summed E-state index contributed by atoms with van der Waals surface area (Å²) in [5, 5.41) is 6.23. The first-order valence-electron chi connectivity index (χ1n) is 6.33. The van der Waals surface area contributed by atoms with Gasteiger partial charge in [-0.1, -0.05) is 0 Å². The van der Waals surface area contributed by atoms with E-state index in [0.717, 1.165) is 25.6 Å². The SMILES string of the molecule is CCNC(=O)C(C)N(C)CC1CCNCC1. The maximum absolute atomic E-state index is 11.7. The van der Waals surface area contributed by atoms with Crippen molar-refractivity contribution >= 4 is 5.91 Å². The molecule has 0 saturated carbocycles. The van der Waals surface area contributed by atoms with Gasteiger partial charge in [-0.25, -0.2) is 0 Å². The van der Waals surface area contributed by atoms with E-state index >= 15 is 0 Å². The highest BCUT2D eigenvalue weighted by atomic mass is 16.2. The highest BCUT2D eigenvalue weighted by molar-refractivity contribution is 5.81. The molecular formula is C12H25N3O. The monoisotopic (exact) mass is 227 g/mol. The van der Waals surface area contributed by atoms with E-state index in [1.807, 2.05) is 20.9 Å². The molecule has 1 fully saturated rings. The van der Waals surface area contributed by atoms with Crippen LogP contribution in [-0.2, 0) is 4.79 Å². The van der Waals surface area contributed by atoms with Gasteiger partial charge < -0.3 is 10.6 Å². The van der Waals surface area contributed by atoms with Gasteiger partial charge in [0.2, 0.25) is 5.91 Å². The number of hydrogen-bond acceptors (Lipinski definition) is 3. The molecule has 0 aromatic rings. The number of nitrogens with zero attached hydrogens (tertiary/aromatic N) is 1. The number of hydrogen-bond donors (Lipinski definition) is 2. The van der Waals surface area contributed by atoms with Crippen molar-refractivity contribution in [1.29, 1.82) is 0 Å². The topological polar surface area (TPSA) is 44.4 Å². The zero-order valence-corrected chi connectivity index (χ0v) is 10.8. The number of carbonyl (C=O) groups is 1. The minimum Gasteiger partial charge on any atom is -0.355 e. The fraction of sp³-hybridized carbons (Fsp3) is 0.917. The molecule has 0 aromatic carbocycles. The molecule has 1 atom stereocenters. The molecule has 1 aliphatic rings. The van der Waals surface area contributed by atoms with Gasteiger partial charge >= 0.3 is 0 Å². The minimum atomic E-state index is -0.0187. The van der Waals surface area contributed by atoms with Crippen LogP contribution in [0.25, 0.3) is 0 Å². The molecule has 1 saturated heterocycles. The summed E-state index contributed by atoms with van der Waals surface area (Å²) < 4.78 is 0. The zero-order valence-electron chi connectivity index (χ0n) is 10.8. The van der Waals surface area contributed by atoms with Crippen LogP contribution in [0.5, 0.6) is 0 Å². The fourth-order valence-electron chi connectivity index (χ4n) is 2.15. The average Bonchev–Trinajstić information content (AvgIpc) is 2.29. The Labute approximate surface area is 98.8 Å². The molecule has 0 spiro atoms. The summed E-state index contributed by atoms with van der Waals surface area (Å²) in [6, 6.07) is -0.0187. The van der Waals surface area contributed by atoms with Crippen molar-refractivity contribution in [2.75, 3.05) is 33.2 Å². The van der Waals surface area contributed by atoms with E-state index in [2.05, 4.69) is 15.5 Å². The van der Waals surface area contributed by atoms with E-state index in [0.29, 0.717) is 6.54 Å². The fourth-order valence-corrected chi connectivity index (χ4v) is 2.15. The molecule has 4 heteroatoms. The molecule has 1 unspecified atom stereocenters. The second kappa shape index (κ2) is 6.86. The lowest BCUT2D eigenvalue weighted by molar-refractivity contribution is -0.125. The van der Waals surface area contributed by atoms with Gasteiger partial charge in [0.1, 0.15) is 0 Å². The lowest BCUT2D eigenvalue weighted by Gasteiger charge is -2.30. The Morgan fingerprint density at radius 1 is 1.50 bits per heavy atom. The van der Waals surface area contributed by atoms with E-state index < -0.39 is 0 Å². The largest absolute Gasteiger partial charge is 0.355 e. The molecule has 0 aliphatic carbocycles. The van der Waals surface area contributed by atoms with Gasteiger partial charge in [0.15, 0.2) is 0 Å². The molecule has 16 heavy (non-hydrogen) atoms. The van der Waals surface area contributed by atoms with Crippen LogP contribution in [0.3, 0.4) is 0 Å². The number of carbonyl (C=O) groups excluding carboxylic acids is 1. The van der Waals surface area contributed by atoms with Crippen molar-refractivity contribution in [3.05, 3.63) is 0 Å². The van der Waals surface area contributed by atoms with Crippen molar-refractivity contribution in [3.63, 3.8) is 0 Å². The molecule has 1 heterocycles. The summed E-state index contributed by atoms with van der Waals surface area (Å²) in [5.74, 6) is 0.877. The molecule has 4 nitrogen and oxygen atoms in total. The van der Waals surface area contributed by atoms with E-state index in [-0.39, 0.29) is 11.9 Å². The summed E-state index contributed by atoms with van der Waals surface area (Å²) in [5.41, 5.74) is 0. The van der Waals surface area contributed by atoms with Gasteiger partial charge in [0.05, 0.1) is 6.04 Å². The van der Waals surface area contributed by atoms with Crippen LogP contribution in [-0.4, -0.2) is 50.1 Å². The van der Waals surface area contributed by atoms with E-state index in [1.165, 1.54) is 12.8 Å². The maximum atomic E-state index is 11.7. The minimum absolute atomic E-state index is 0.0187. The van der Waals surface area contributed by atoms with Crippen LogP contribution in [0.15, 0.2) is 0 Å². The second-order valence-electron chi connectivity index (χ2n) is 4.70. The molecule has 1 aliphatic heterocycles. The Hall–Kier alpha value is -0.610. The number of amides is 1. The van der Waals surface area contributed by atoms with E-state index in [1.54, 1.807) is 0 Å². The highest BCUT2D eigenvalue weighted by Crippen LogP contribution is 2.13. The zero-order chi connectivity index (χ0) is 12.0. The van der Waals surface area contributed by atoms with Crippen molar-refractivity contribution in [2.45, 2.75) is 32.7 Å². The van der Waals surface area contributed by atoms with Crippen LogP contribution < -0.4 is 10.6 Å². The first-order valence-corrected chi connectivity index (χ1v) is 6.33. The Morgan fingerprint density at radius 3 is 2.69 bits per heavy atom. The second-order valence-corrected chi connectivity index (χ2v) is 4.70. The van der Waals surface area contributed by atoms with Crippen LogP contribution in [0.2, 0.25) is 0 Å². The average molecular weight is 227 g/mol. The Bertz CT molecular complexity index is 214. The van der Waals surface area contributed by atoms with E-state index in [9.17, 15) is 4.79 Å². The van der Waals surface area contributed by atoms with Crippen LogP contribution in [0.4, 0.5) is 0 Å². The molecule has 94 valence electrons. The van der Waals surface area contributed by atoms with Crippen molar-refractivity contribution in [1.82, 2.24) is 15.5 Å². The highest BCUT2D eigenvalue weighted by Gasteiger charge is 2.21. The Balaban J connectivity index is 2.32. The van der Waals surface area contributed by atoms with Crippen molar-refractivity contribution in [2.24, 2.45) is 5.92 Å². The molecule has 2 N–H and O–H groups in total. The summed E-state index contributed by atoms with van der Waals surface area (Å²) in [6.07, 6.45) is 2.46. The third kappa shape index (κ3) is 4.10. The summed E-state index contributed by atoms with van der Waals surface area (Å²) in [6.45, 7) is 7.91. The quantitative estimate of drug-likeness (QED) is 0.716. The van der Waals surface area contributed by atoms with Crippen LogP contribution >= 0.6 is 0 Å². The van der Waals surface area contributed by atoms with Gasteiger partial charge in [-0.2, -0.15) is 0 Å². The van der Waals surface area contributed by atoms with Crippen molar-refractivity contribution < 1.29 is 4.79 Å². The lowest BCUT2D eigenvalue weighted by Crippen LogP contribution is -2.46. The third-order valence-corrected chi connectivity index (χ3v) is 3.40. The summed E-state index contributed by atoms with van der Waals surface area (Å²) >= 11 is 0. The van der Waals surface area contributed by atoms with Crippen LogP contribution in [0, 0.1) is 5.92 Å². The Morgan fingerprint density at radius 2 is 2.12 bits per heavy atom. The lowest BCUT2D eigenvalue weighted by atomic mass is 9.97. The number of likely N-dealkylation sites (N-methyl/N-ethyl adjacent to an activating group) is 2. The molecule has 0 aromatic heterocycles. The van der Waals surface area contributed by atoms with Crippen molar-refractivity contribution in [3.8, 4) is 0 Å². The predicted octanol–water partition coefficient (Wildman–Crippen LogP) is 0.442. The van der Waals surface area contributed by atoms with Gasteiger partial charge in [-0.05, 0) is 52.7 Å². The summed E-state index contributed by atoms with van der Waals surface area (Å²) in [4.78, 5) is 13.8. The number of nitrogens with one attached hydrogen (secondary N) is 2. The number of piperidine rings is 1. The smallest absolute Gasteiger partial charge is 0.237 e. The molecular weight excluding hydrogens is 202 g/mol. The van der Waals surface area contributed by atoms with Gasteiger partial charge in [0.25, 0.3) is 0 Å². The first kappa shape index (κ1) is 13.5. The Kier molecular flexibility index (Phi) is 5.77. The van der Waals surface area contributed by atoms with Gasteiger partial charge in [-0.3, -0.25) is 9.69 Å². The molecule has 1 amide bonds. The number of rotatable bonds is 5. The van der Waals surface area contributed by atoms with Gasteiger partial charge in [-0.15, -0.1) is 0 Å². The summed E-state index contributed by atoms with van der Waals surface area (Å²) in [7, 11) is 2.04. The maximum Gasteiger partial charge on any atom is 0.237 e. The molecule has 0 radical (unpaired) electrons. The molecule has 1 rings (SSSR count). The predicted molar refractivity (Wildman–Crippen MR) is 66.4 cm³/mol. The standard InChI is InChI=1S/C12H25N3O/c1-4-14-12(16)10(2)15(3)9-11-5-7-13-8-6-11/h10-11,13H,4-9H2,1-3H3,(H,14,16). The van der Waals surface area contributed by atoms with E-state index in [4.69, 9.17) is 0 Å². The van der Waals surface area contributed by atoms with Crippen LogP contribution in [0.1, 0.15) is 26.7 Å². The molecule has 0 bridgehead atoms. The normalized spacial score (nSPS) is 19.8. The first-order chi connectivity index (χ1) is 7.65.